The van der Waals surface area contributed by atoms with Crippen LogP contribution in [-0.4, -0.2) is 35.3 Å². The van der Waals surface area contributed by atoms with Crippen molar-refractivity contribution in [3.05, 3.63) is 35.4 Å². The van der Waals surface area contributed by atoms with E-state index in [2.05, 4.69) is 10.6 Å². The first-order valence-corrected chi connectivity index (χ1v) is 7.41. The summed E-state index contributed by atoms with van der Waals surface area (Å²) in [6.45, 7) is 3.38. The number of hydrogen-bond donors (Lipinski definition) is 2. The Hall–Kier alpha value is -2.37. The number of nitrogens with zero attached hydrogens (tertiary/aromatic N) is 1. The summed E-state index contributed by atoms with van der Waals surface area (Å²) in [6.07, 6.45) is 1.93. The van der Waals surface area contributed by atoms with Gasteiger partial charge < -0.3 is 10.6 Å². The number of imide groups is 1. The monoisotopic (exact) mass is 301 g/mol. The Kier molecular flexibility index (Phi) is 3.39. The Morgan fingerprint density at radius 1 is 1.32 bits per heavy atom. The van der Waals surface area contributed by atoms with Gasteiger partial charge in [0.2, 0.25) is 5.91 Å². The molecule has 1 aromatic rings. The summed E-state index contributed by atoms with van der Waals surface area (Å²) in [5, 5.41) is 5.48. The first-order valence-electron chi connectivity index (χ1n) is 7.41. The molecule has 4 amide bonds. The molecule has 0 unspecified atom stereocenters. The maximum absolute atomic E-state index is 12.6. The van der Waals surface area contributed by atoms with Crippen molar-refractivity contribution in [1.29, 1.82) is 0 Å². The molecule has 6 heteroatoms. The summed E-state index contributed by atoms with van der Waals surface area (Å²) in [6, 6.07) is 7.10. The van der Waals surface area contributed by atoms with Crippen LogP contribution < -0.4 is 10.6 Å². The van der Waals surface area contributed by atoms with Crippen LogP contribution >= 0.6 is 0 Å². The van der Waals surface area contributed by atoms with Gasteiger partial charge in [0.1, 0.15) is 12.1 Å². The number of rotatable bonds is 4. The lowest BCUT2D eigenvalue weighted by molar-refractivity contribution is -0.134. The van der Waals surface area contributed by atoms with Gasteiger partial charge in [-0.1, -0.05) is 29.8 Å². The van der Waals surface area contributed by atoms with E-state index in [1.165, 1.54) is 0 Å². The largest absolute Gasteiger partial charge is 0.352 e. The van der Waals surface area contributed by atoms with Crippen molar-refractivity contribution < 1.29 is 14.4 Å². The van der Waals surface area contributed by atoms with Crippen LogP contribution in [0.4, 0.5) is 4.79 Å². The Labute approximate surface area is 128 Å². The molecule has 0 aromatic heterocycles. The molecule has 0 radical (unpaired) electrons. The van der Waals surface area contributed by atoms with Crippen molar-refractivity contribution in [3.8, 4) is 0 Å². The fourth-order valence-corrected chi connectivity index (χ4v) is 2.57. The fraction of sp³-hybridized carbons (Fsp3) is 0.438. The van der Waals surface area contributed by atoms with Crippen LogP contribution in [0.25, 0.3) is 0 Å². The lowest BCUT2D eigenvalue weighted by atomic mass is 9.91. The van der Waals surface area contributed by atoms with Gasteiger partial charge in [0.15, 0.2) is 0 Å². The Morgan fingerprint density at radius 2 is 1.95 bits per heavy atom. The fourth-order valence-electron chi connectivity index (χ4n) is 2.57. The SMILES string of the molecule is Cc1ccc([C@@]2(C)NC(=O)N(CC(=O)NC3CC3)C2=O)cc1. The van der Waals surface area contributed by atoms with Gasteiger partial charge in [0.05, 0.1) is 0 Å². The molecular weight excluding hydrogens is 282 g/mol. The normalized spacial score (nSPS) is 24.4. The van der Waals surface area contributed by atoms with E-state index in [1.807, 2.05) is 31.2 Å². The van der Waals surface area contributed by atoms with E-state index in [1.54, 1.807) is 6.92 Å². The molecule has 1 aromatic carbocycles. The van der Waals surface area contributed by atoms with Crippen LogP contribution in [-0.2, 0) is 15.1 Å². The lowest BCUT2D eigenvalue weighted by Gasteiger charge is -2.22. The third kappa shape index (κ3) is 2.56. The highest BCUT2D eigenvalue weighted by Crippen LogP contribution is 2.29. The van der Waals surface area contributed by atoms with Crippen LogP contribution in [0.3, 0.4) is 0 Å². The number of aryl methyl sites for hydroxylation is 1. The Balaban J connectivity index is 1.77. The molecule has 1 aliphatic carbocycles. The molecule has 116 valence electrons. The predicted molar refractivity (Wildman–Crippen MR) is 79.9 cm³/mol. The molecule has 0 spiro atoms. The van der Waals surface area contributed by atoms with Gasteiger partial charge in [0.25, 0.3) is 5.91 Å². The van der Waals surface area contributed by atoms with Gasteiger partial charge in [-0.3, -0.25) is 14.5 Å². The van der Waals surface area contributed by atoms with Crippen molar-refractivity contribution >= 4 is 17.8 Å². The minimum atomic E-state index is -1.12. The van der Waals surface area contributed by atoms with Gasteiger partial charge in [-0.25, -0.2) is 4.79 Å². The summed E-state index contributed by atoms with van der Waals surface area (Å²) in [5.41, 5.74) is 0.663. The van der Waals surface area contributed by atoms with Crippen LogP contribution in [0.5, 0.6) is 0 Å². The topological polar surface area (TPSA) is 78.5 Å². The van der Waals surface area contributed by atoms with Gasteiger partial charge >= 0.3 is 6.03 Å². The second kappa shape index (κ2) is 5.12. The van der Waals surface area contributed by atoms with Gasteiger partial charge in [-0.15, -0.1) is 0 Å². The molecule has 1 atom stereocenters. The zero-order valence-electron chi connectivity index (χ0n) is 12.7. The second-order valence-electron chi connectivity index (χ2n) is 6.15. The quantitative estimate of drug-likeness (QED) is 0.816. The zero-order valence-corrected chi connectivity index (χ0v) is 12.7. The van der Waals surface area contributed by atoms with E-state index in [0.29, 0.717) is 5.56 Å². The Morgan fingerprint density at radius 3 is 2.55 bits per heavy atom. The minimum absolute atomic E-state index is 0.205. The zero-order chi connectivity index (χ0) is 15.9. The second-order valence-corrected chi connectivity index (χ2v) is 6.15. The molecular formula is C16H19N3O3. The van der Waals surface area contributed by atoms with Crippen LogP contribution in [0.15, 0.2) is 24.3 Å². The highest BCUT2D eigenvalue weighted by atomic mass is 16.2. The molecule has 1 heterocycles. The van der Waals surface area contributed by atoms with E-state index < -0.39 is 17.5 Å². The molecule has 22 heavy (non-hydrogen) atoms. The third-order valence-electron chi connectivity index (χ3n) is 4.15. The van der Waals surface area contributed by atoms with E-state index in [-0.39, 0.29) is 18.5 Å². The first-order chi connectivity index (χ1) is 10.4. The molecule has 2 fully saturated rings. The number of carbonyl (C=O) groups is 3. The van der Waals surface area contributed by atoms with Crippen LogP contribution in [0.1, 0.15) is 30.9 Å². The predicted octanol–water partition coefficient (Wildman–Crippen LogP) is 1.04. The number of hydrogen-bond acceptors (Lipinski definition) is 3. The van der Waals surface area contributed by atoms with Crippen molar-refractivity contribution in [2.24, 2.45) is 0 Å². The summed E-state index contributed by atoms with van der Waals surface area (Å²) in [5.74, 6) is -0.688. The van der Waals surface area contributed by atoms with E-state index >= 15 is 0 Å². The average molecular weight is 301 g/mol. The molecule has 1 saturated heterocycles. The molecule has 2 N–H and O–H groups in total. The number of amides is 4. The highest BCUT2D eigenvalue weighted by Gasteiger charge is 2.49. The van der Waals surface area contributed by atoms with Gasteiger partial charge in [-0.2, -0.15) is 0 Å². The van der Waals surface area contributed by atoms with Crippen LogP contribution in [0.2, 0.25) is 0 Å². The van der Waals surface area contributed by atoms with Crippen LogP contribution in [0, 0.1) is 6.92 Å². The molecule has 1 saturated carbocycles. The Bertz CT molecular complexity index is 637. The summed E-state index contributed by atoms with van der Waals surface area (Å²) in [7, 11) is 0. The van der Waals surface area contributed by atoms with Crippen molar-refractivity contribution in [2.75, 3.05) is 6.54 Å². The van der Waals surface area contributed by atoms with E-state index in [9.17, 15) is 14.4 Å². The van der Waals surface area contributed by atoms with E-state index in [4.69, 9.17) is 0 Å². The van der Waals surface area contributed by atoms with Gasteiger partial charge in [0, 0.05) is 6.04 Å². The van der Waals surface area contributed by atoms with Gasteiger partial charge in [-0.05, 0) is 32.3 Å². The molecule has 2 aliphatic rings. The smallest absolute Gasteiger partial charge is 0.325 e. The first kappa shape index (κ1) is 14.6. The number of urea groups is 1. The third-order valence-corrected chi connectivity index (χ3v) is 4.15. The molecule has 0 bridgehead atoms. The lowest BCUT2D eigenvalue weighted by Crippen LogP contribution is -2.43. The van der Waals surface area contributed by atoms with E-state index in [0.717, 1.165) is 23.3 Å². The summed E-state index contributed by atoms with van der Waals surface area (Å²) < 4.78 is 0. The standard InChI is InChI=1S/C16H19N3O3/c1-10-3-5-11(6-4-10)16(2)14(21)19(15(22)18-16)9-13(20)17-12-7-8-12/h3-6,12H,7-9H2,1-2H3,(H,17,20)(H,18,22)/t16-/m1/s1. The van der Waals surface area contributed by atoms with Crippen molar-refractivity contribution in [2.45, 2.75) is 38.3 Å². The number of carbonyl (C=O) groups excluding carboxylic acids is 3. The summed E-state index contributed by atoms with van der Waals surface area (Å²) in [4.78, 5) is 37.5. The number of nitrogens with one attached hydrogen (secondary N) is 2. The molecule has 1 aliphatic heterocycles. The summed E-state index contributed by atoms with van der Waals surface area (Å²) >= 11 is 0. The maximum atomic E-state index is 12.6. The average Bonchev–Trinajstić information content (AvgIpc) is 3.24. The molecule has 3 rings (SSSR count). The van der Waals surface area contributed by atoms with Crippen molar-refractivity contribution in [3.63, 3.8) is 0 Å². The number of benzene rings is 1. The minimum Gasteiger partial charge on any atom is -0.352 e. The molecule has 6 nitrogen and oxygen atoms in total. The highest BCUT2D eigenvalue weighted by molar-refractivity contribution is 6.09. The maximum Gasteiger partial charge on any atom is 0.325 e. The van der Waals surface area contributed by atoms with Crippen molar-refractivity contribution in [1.82, 2.24) is 15.5 Å².